The Labute approximate surface area is 603 Å². The lowest BCUT2D eigenvalue weighted by Gasteiger charge is -2.28. The molecule has 0 saturated carbocycles. The maximum Gasteiger partial charge on any atom is 0.416 e. The van der Waals surface area contributed by atoms with E-state index in [1.54, 1.807) is 0 Å². The molecule has 0 spiro atoms. The summed E-state index contributed by atoms with van der Waals surface area (Å²) in [5.74, 6) is -6.60. The van der Waals surface area contributed by atoms with Crippen molar-refractivity contribution in [2.24, 2.45) is 5.89 Å². The van der Waals surface area contributed by atoms with E-state index >= 15 is 0 Å². The topological polar surface area (TPSA) is 117 Å². The number of aromatic nitrogens is 4. The molecule has 0 saturated heterocycles. The Morgan fingerprint density at radius 3 is 1.52 bits per heavy atom. The first-order valence-electron chi connectivity index (χ1n) is 43.3. The zero-order valence-corrected chi connectivity index (χ0v) is 53.8. The van der Waals surface area contributed by atoms with Crippen molar-refractivity contribution in [2.45, 2.75) is 134 Å². The number of halogens is 8. The van der Waals surface area contributed by atoms with Crippen molar-refractivity contribution in [3.63, 3.8) is 0 Å². The largest absolute Gasteiger partial charge is 0.416 e. The van der Waals surface area contributed by atoms with Gasteiger partial charge in [0, 0.05) is 96.4 Å². The molecular weight excluding hydrogens is 1280 g/mol. The number of alkyl halides is 6. The third kappa shape index (κ3) is 19.0. The zero-order valence-electron chi connectivity index (χ0n) is 80.2. The van der Waals surface area contributed by atoms with Crippen LogP contribution in [-0.2, 0) is 85.0 Å². The summed E-state index contributed by atoms with van der Waals surface area (Å²) < 4.78 is 354. The van der Waals surface area contributed by atoms with Crippen molar-refractivity contribution < 1.29 is 83.1 Å². The third-order valence-corrected chi connectivity index (χ3v) is 16.3. The summed E-state index contributed by atoms with van der Waals surface area (Å²) in [6, 6.07) is 9.36. The average molecular weight is 1390 g/mol. The number of carbonyl (C=O) groups excluding carboxylic acids is 2. The standard InChI is InChI=1S/2C37H40F4N4O2S/c1-4-43(5-2)18-19-44(22-26-6-10-28(11-7-26)29-12-14-30(15-13-29)37(39,40)41)34(46)23-45-33-21-25(3)20-32(33)35(47)42-36(45)48-24-27-8-16-31(38)17-9-27;1-4-43(5-2)19-20-44(22-26-9-13-28(14-10-26)29-15-18-32(25(3)21-29)37(39,40)41)34(46)23-45-33-8-6-7-31(33)35(47)42-36(45)48-24-27-11-16-30(38)17-12-27/h6-17,25H,4-5,18-24H2,1-3H3;9-18,21H,4-8,19-20,22-24H2,1-3H3/i4D2,5D2,20D2,21D2,22D2,24D2,25D;4D2,5D2,9D,10D,13D,14D,15D,18D,21D,22D2,24D2. The molecule has 0 aliphatic heterocycles. The maximum absolute atomic E-state index is 14.7. The van der Waals surface area contributed by atoms with Crippen molar-refractivity contribution >= 4 is 35.3 Å². The lowest BCUT2D eigenvalue weighted by atomic mass is 9.98. The van der Waals surface area contributed by atoms with Crippen LogP contribution in [0.25, 0.3) is 22.3 Å². The van der Waals surface area contributed by atoms with Gasteiger partial charge in [-0.15, -0.1) is 0 Å². The van der Waals surface area contributed by atoms with E-state index in [2.05, 4.69) is 9.97 Å². The highest BCUT2D eigenvalue weighted by atomic mass is 32.2. The number of carbonyl (C=O) groups is 2. The minimum Gasteiger partial charge on any atom is -0.336 e. The van der Waals surface area contributed by atoms with Gasteiger partial charge in [-0.25, -0.2) is 8.78 Å². The van der Waals surface area contributed by atoms with Crippen LogP contribution in [0.4, 0.5) is 35.1 Å². The molecule has 12 nitrogen and oxygen atoms in total. The molecule has 0 N–H and O–H groups in total. The number of benzene rings is 6. The summed E-state index contributed by atoms with van der Waals surface area (Å²) in [7, 11) is 0. The Balaban J connectivity index is 0.000000281. The number of thioether (sulfide) groups is 2. The summed E-state index contributed by atoms with van der Waals surface area (Å²) in [6.45, 7) is -15.3. The maximum atomic E-state index is 14.7. The monoisotopic (exact) mass is 1390 g/mol. The number of likely N-dealkylation sites (N-methyl/N-ethyl adjacent to an activating group) is 2. The molecule has 96 heavy (non-hydrogen) atoms. The number of rotatable bonds is 26. The fourth-order valence-electron chi connectivity index (χ4n) is 9.75. The van der Waals surface area contributed by atoms with Gasteiger partial charge < -0.3 is 28.7 Å². The smallest absolute Gasteiger partial charge is 0.336 e. The normalized spacial score (nSPS) is 20.9. The van der Waals surface area contributed by atoms with Gasteiger partial charge in [-0.2, -0.15) is 36.3 Å². The molecule has 2 aromatic heterocycles. The lowest BCUT2D eigenvalue weighted by Crippen LogP contribution is -2.40. The SMILES string of the molecule is [2H]C([2H])(Sc1nc(=O)c2c(n1CC(=O)N(CCN(C([2H])([2H])C)C([2H])([2H])C)C([2H])([2H])c1ccc(-c3ccc(C(F)(F)F)cc3)cc1)C([2H])([2H])C([2H])(C)C2([2H])[2H])c1ccc(F)cc1.[2H]c1c([2H])c(C([2H])([2H])N(CCN(C([2H])([2H])C)C([2H])([2H])C)C(=O)Cn2c(SC([2H])([2H])c3ccc(F)cc3)nc(=O)c3c2CCC3)c([2H])c([2H])c1-c1c([2H])c([2H])c(C(F)(F)F)c(C)c1[2H]. The fourth-order valence-corrected chi connectivity index (χ4v) is 11.2. The number of hydrogen-bond acceptors (Lipinski definition) is 10. The van der Waals surface area contributed by atoms with E-state index in [-0.39, 0.29) is 57.7 Å². The molecule has 2 amide bonds. The molecule has 0 fully saturated rings. The summed E-state index contributed by atoms with van der Waals surface area (Å²) in [4.78, 5) is 66.5. The zero-order chi connectivity index (χ0) is 93.8. The second kappa shape index (κ2) is 32.9. The molecule has 2 heterocycles. The first-order chi connectivity index (χ1) is 56.4. The number of amides is 2. The molecule has 1 atom stereocenters. The van der Waals surface area contributed by atoms with E-state index in [4.69, 9.17) is 32.9 Å². The first kappa shape index (κ1) is 43.4. The average Bonchev–Trinajstić information content (AvgIpc) is 1.51. The van der Waals surface area contributed by atoms with E-state index in [0.717, 1.165) is 102 Å². The van der Waals surface area contributed by atoms with Crippen molar-refractivity contribution in [3.8, 4) is 22.3 Å². The summed E-state index contributed by atoms with van der Waals surface area (Å²) in [5, 5.41) is -1.05. The Kier molecular flexibility index (Phi) is 14.9. The van der Waals surface area contributed by atoms with Crippen LogP contribution in [0.5, 0.6) is 0 Å². The first-order valence-corrected chi connectivity index (χ1v) is 31.0. The minimum atomic E-state index is -5.18. The van der Waals surface area contributed by atoms with E-state index in [0.29, 0.717) is 53.5 Å². The van der Waals surface area contributed by atoms with Crippen LogP contribution in [0, 0.1) is 24.5 Å². The Bertz CT molecular complexity index is 5450. The van der Waals surface area contributed by atoms with Gasteiger partial charge in [0.2, 0.25) is 11.8 Å². The van der Waals surface area contributed by atoms with Crippen molar-refractivity contribution in [1.29, 1.82) is 0 Å². The number of fused-ring (bicyclic) bond motifs is 2. The van der Waals surface area contributed by atoms with Gasteiger partial charge in [0.1, 0.15) is 24.7 Å². The summed E-state index contributed by atoms with van der Waals surface area (Å²) in [5.41, 5.74) is -14.5. The van der Waals surface area contributed by atoms with Crippen LogP contribution in [0.2, 0.25) is 0 Å². The molecule has 6 aromatic carbocycles. The van der Waals surface area contributed by atoms with Crippen LogP contribution in [0.1, 0.15) is 141 Å². The molecule has 0 radical (unpaired) electrons. The third-order valence-electron chi connectivity index (χ3n) is 14.6. The molecule has 2 aliphatic carbocycles. The Hall–Kier alpha value is -7.92. The molecule has 508 valence electrons. The molecule has 22 heteroatoms. The van der Waals surface area contributed by atoms with Gasteiger partial charge in [0.25, 0.3) is 11.1 Å². The van der Waals surface area contributed by atoms with E-state index < -0.39 is 247 Å². The lowest BCUT2D eigenvalue weighted by molar-refractivity contribution is -0.138. The minimum absolute atomic E-state index is 0.0467. The van der Waals surface area contributed by atoms with Crippen LogP contribution >= 0.6 is 23.5 Å². The predicted octanol–water partition coefficient (Wildman–Crippen LogP) is 15.0. The molecule has 1 unspecified atom stereocenters. The molecule has 10 rings (SSSR count). The van der Waals surface area contributed by atoms with Crippen LogP contribution in [0.3, 0.4) is 0 Å². The second-order valence-electron chi connectivity index (χ2n) is 21.0. The van der Waals surface area contributed by atoms with Crippen molar-refractivity contribution in [3.05, 3.63) is 233 Å². The summed E-state index contributed by atoms with van der Waals surface area (Å²) >= 11 is 0.559. The Morgan fingerprint density at radius 2 is 1.03 bits per heavy atom. The van der Waals surface area contributed by atoms with Gasteiger partial charge in [-0.1, -0.05) is 155 Å². The Morgan fingerprint density at radius 1 is 0.573 bits per heavy atom. The van der Waals surface area contributed by atoms with E-state index in [1.807, 2.05) is 0 Å². The molecule has 0 bridgehead atoms. The van der Waals surface area contributed by atoms with Gasteiger partial charge >= 0.3 is 12.4 Å². The quantitative estimate of drug-likeness (QED) is 0.0295. The molecular formula is C74H80F8N8O4S2. The number of hydrogen-bond donors (Lipinski definition) is 0. The van der Waals surface area contributed by atoms with E-state index in [1.165, 1.54) is 41.0 Å². The highest BCUT2D eigenvalue weighted by molar-refractivity contribution is 7.98. The van der Waals surface area contributed by atoms with Crippen LogP contribution in [-0.4, -0.2) is 103 Å². The van der Waals surface area contributed by atoms with Gasteiger partial charge in [0.15, 0.2) is 10.3 Å². The molecule has 2 aliphatic rings. The van der Waals surface area contributed by atoms with Crippen LogP contribution in [0.15, 0.2) is 159 Å². The highest BCUT2D eigenvalue weighted by Gasteiger charge is 2.34. The summed E-state index contributed by atoms with van der Waals surface area (Å²) in [6.07, 6.45) is -15.1. The predicted molar refractivity (Wildman–Crippen MR) is 362 cm³/mol. The van der Waals surface area contributed by atoms with Crippen LogP contribution < -0.4 is 11.1 Å². The van der Waals surface area contributed by atoms with Gasteiger partial charge in [-0.3, -0.25) is 19.2 Å². The van der Waals surface area contributed by atoms with E-state index in [9.17, 15) is 59.8 Å². The van der Waals surface area contributed by atoms with Gasteiger partial charge in [0.05, 0.1) is 26.2 Å². The molecule has 8 aromatic rings. The second-order valence-corrected chi connectivity index (χ2v) is 22.6. The highest BCUT2D eigenvalue weighted by Crippen LogP contribution is 2.36. The fraction of sp³-hybridized carbons (Fsp3) is 0.378. The number of nitrogens with zero attached hydrogens (tertiary/aromatic N) is 8. The van der Waals surface area contributed by atoms with Crippen molar-refractivity contribution in [1.82, 2.24) is 38.7 Å². The van der Waals surface area contributed by atoms with Gasteiger partial charge in [-0.05, 0) is 163 Å². The van der Waals surface area contributed by atoms with Crippen molar-refractivity contribution in [2.75, 3.05) is 52.2 Å².